The van der Waals surface area contributed by atoms with E-state index in [1.807, 2.05) is 11.8 Å². The fraction of sp³-hybridized carbons (Fsp3) is 1.00. The Morgan fingerprint density at radius 3 is 1.38 bits per heavy atom. The van der Waals surface area contributed by atoms with Crippen molar-refractivity contribution in [2.45, 2.75) is 141 Å². The van der Waals surface area contributed by atoms with Gasteiger partial charge in [0.1, 0.15) is 0 Å². The molecule has 1 atom stereocenters. The average Bonchev–Trinajstić information content (AvgIpc) is 2.74. The molecule has 0 radical (unpaired) electrons. The van der Waals surface area contributed by atoms with E-state index in [1.165, 1.54) is 122 Å². The number of rotatable bonds is 26. The van der Waals surface area contributed by atoms with Gasteiger partial charge in [-0.2, -0.15) is 23.5 Å². The van der Waals surface area contributed by atoms with Crippen LogP contribution in [0.4, 0.5) is 0 Å². The van der Waals surface area contributed by atoms with Gasteiger partial charge in [0, 0.05) is 11.0 Å². The van der Waals surface area contributed by atoms with Gasteiger partial charge in [0.15, 0.2) is 0 Å². The minimum atomic E-state index is -3.92. The van der Waals surface area contributed by atoms with E-state index in [1.54, 1.807) is 11.8 Å². The van der Waals surface area contributed by atoms with Crippen molar-refractivity contribution in [2.24, 2.45) is 0 Å². The van der Waals surface area contributed by atoms with E-state index in [0.717, 1.165) is 17.3 Å². The number of hydrogen-bond acceptors (Lipinski definition) is 3. The first kappa shape index (κ1) is 32.8. The van der Waals surface area contributed by atoms with Crippen LogP contribution in [0, 0.1) is 0 Å². The lowest BCUT2D eigenvalue weighted by atomic mass is 10.1. The van der Waals surface area contributed by atoms with Crippen LogP contribution in [0.2, 0.25) is 0 Å². The predicted octanol–water partition coefficient (Wildman–Crippen LogP) is 9.45. The summed E-state index contributed by atoms with van der Waals surface area (Å²) in [5.74, 6) is 3.05. The van der Waals surface area contributed by atoms with Crippen molar-refractivity contribution < 1.29 is 14.4 Å². The van der Waals surface area contributed by atoms with Gasteiger partial charge in [-0.25, -0.2) is 0 Å². The Hall–Kier alpha value is 0.850. The molecule has 32 heavy (non-hydrogen) atoms. The van der Waals surface area contributed by atoms with Crippen molar-refractivity contribution in [3.05, 3.63) is 0 Å². The molecular weight excluding hydrogens is 455 g/mol. The SMILES string of the molecule is CCCCCCCCCCCCCSCC(CP(=O)(O)O)SCCCCCCCCCC. The molecule has 0 bridgehead atoms. The molecule has 0 saturated heterocycles. The Labute approximate surface area is 209 Å². The molecule has 0 aromatic rings. The summed E-state index contributed by atoms with van der Waals surface area (Å²) in [6, 6.07) is 0. The molecule has 0 aromatic carbocycles. The highest BCUT2D eigenvalue weighted by molar-refractivity contribution is 8.03. The Morgan fingerprint density at radius 1 is 0.594 bits per heavy atom. The Kier molecular flexibility index (Phi) is 25.6. The molecule has 0 spiro atoms. The highest BCUT2D eigenvalue weighted by Crippen LogP contribution is 2.39. The second-order valence-electron chi connectivity index (χ2n) is 9.43. The second kappa shape index (κ2) is 25.0. The van der Waals surface area contributed by atoms with Crippen LogP contribution < -0.4 is 0 Å². The summed E-state index contributed by atoms with van der Waals surface area (Å²) in [5.41, 5.74) is 0. The van der Waals surface area contributed by atoms with E-state index in [0.29, 0.717) is 0 Å². The molecule has 0 aromatic heterocycles. The third-order valence-corrected chi connectivity index (χ3v) is 9.91. The van der Waals surface area contributed by atoms with Crippen molar-refractivity contribution in [3.8, 4) is 0 Å². The summed E-state index contributed by atoms with van der Waals surface area (Å²) < 4.78 is 11.5. The standard InChI is InChI=1S/C26H55O3PS2/c1-3-5-7-9-11-13-14-15-16-18-20-22-31-25-26(24-30(27,28)29)32-23-21-19-17-12-10-8-6-4-2/h26H,3-25H2,1-2H3,(H2,27,28,29). The summed E-state index contributed by atoms with van der Waals surface area (Å²) in [6.45, 7) is 4.52. The van der Waals surface area contributed by atoms with Gasteiger partial charge in [0.05, 0.1) is 6.16 Å². The number of hydrogen-bond donors (Lipinski definition) is 2. The zero-order valence-corrected chi connectivity index (χ0v) is 23.9. The molecule has 0 heterocycles. The van der Waals surface area contributed by atoms with Crippen molar-refractivity contribution in [1.29, 1.82) is 0 Å². The van der Waals surface area contributed by atoms with Crippen LogP contribution in [0.1, 0.15) is 136 Å². The van der Waals surface area contributed by atoms with Crippen LogP contribution in [0.25, 0.3) is 0 Å². The highest BCUT2D eigenvalue weighted by Gasteiger charge is 2.21. The van der Waals surface area contributed by atoms with Gasteiger partial charge in [0.2, 0.25) is 0 Å². The molecule has 2 N–H and O–H groups in total. The topological polar surface area (TPSA) is 57.5 Å². The lowest BCUT2D eigenvalue weighted by Crippen LogP contribution is -2.14. The molecule has 6 heteroatoms. The van der Waals surface area contributed by atoms with Gasteiger partial charge in [0.25, 0.3) is 0 Å². The van der Waals surface area contributed by atoms with E-state index in [-0.39, 0.29) is 11.4 Å². The first-order chi connectivity index (χ1) is 15.5. The molecule has 3 nitrogen and oxygen atoms in total. The maximum atomic E-state index is 11.5. The van der Waals surface area contributed by atoms with Gasteiger partial charge in [-0.3, -0.25) is 4.57 Å². The third-order valence-electron chi connectivity index (χ3n) is 5.99. The fourth-order valence-electron chi connectivity index (χ4n) is 3.99. The second-order valence-corrected chi connectivity index (χ2v) is 13.7. The molecule has 0 aliphatic carbocycles. The van der Waals surface area contributed by atoms with Gasteiger partial charge in [-0.15, -0.1) is 0 Å². The van der Waals surface area contributed by atoms with Crippen molar-refractivity contribution in [2.75, 3.05) is 23.4 Å². The first-order valence-electron chi connectivity index (χ1n) is 13.7. The Bertz CT molecular complexity index is 418. The molecule has 0 aliphatic heterocycles. The van der Waals surface area contributed by atoms with Gasteiger partial charge in [-0.1, -0.05) is 123 Å². The summed E-state index contributed by atoms with van der Waals surface area (Å²) in [7, 11) is -3.92. The lowest BCUT2D eigenvalue weighted by Gasteiger charge is -2.17. The third kappa shape index (κ3) is 27.1. The predicted molar refractivity (Wildman–Crippen MR) is 150 cm³/mol. The summed E-state index contributed by atoms with van der Waals surface area (Å²) in [5, 5.41) is 0.0955. The quantitative estimate of drug-likeness (QED) is 0.0896. The summed E-state index contributed by atoms with van der Waals surface area (Å²) in [4.78, 5) is 18.8. The minimum Gasteiger partial charge on any atom is -0.324 e. The maximum Gasteiger partial charge on any atom is 0.326 e. The van der Waals surface area contributed by atoms with Crippen LogP contribution in [-0.4, -0.2) is 38.5 Å². The van der Waals surface area contributed by atoms with E-state index in [4.69, 9.17) is 0 Å². The van der Waals surface area contributed by atoms with Crippen LogP contribution in [0.3, 0.4) is 0 Å². The lowest BCUT2D eigenvalue weighted by molar-refractivity contribution is 0.373. The molecule has 1 unspecified atom stereocenters. The van der Waals surface area contributed by atoms with Gasteiger partial charge >= 0.3 is 7.60 Å². The van der Waals surface area contributed by atoms with Gasteiger partial charge < -0.3 is 9.79 Å². The van der Waals surface area contributed by atoms with Crippen LogP contribution in [-0.2, 0) is 4.57 Å². The van der Waals surface area contributed by atoms with E-state index >= 15 is 0 Å². The Balaban J connectivity index is 3.66. The minimum absolute atomic E-state index is 0.0416. The molecule has 0 amide bonds. The summed E-state index contributed by atoms with van der Waals surface area (Å²) >= 11 is 3.69. The van der Waals surface area contributed by atoms with Crippen LogP contribution >= 0.6 is 31.1 Å². The summed E-state index contributed by atoms with van der Waals surface area (Å²) in [6.07, 6.45) is 25.5. The van der Waals surface area contributed by atoms with Crippen LogP contribution in [0.5, 0.6) is 0 Å². The normalized spacial score (nSPS) is 13.0. The van der Waals surface area contributed by atoms with E-state index in [2.05, 4.69) is 13.8 Å². The van der Waals surface area contributed by atoms with Crippen molar-refractivity contribution >= 4 is 31.1 Å². The monoisotopic (exact) mass is 510 g/mol. The van der Waals surface area contributed by atoms with Gasteiger partial charge in [-0.05, 0) is 24.3 Å². The Morgan fingerprint density at radius 2 is 0.969 bits per heavy atom. The van der Waals surface area contributed by atoms with Crippen LogP contribution in [0.15, 0.2) is 0 Å². The van der Waals surface area contributed by atoms with E-state index < -0.39 is 7.60 Å². The molecule has 194 valence electrons. The van der Waals surface area contributed by atoms with Crippen molar-refractivity contribution in [1.82, 2.24) is 0 Å². The molecule has 0 fully saturated rings. The zero-order chi connectivity index (χ0) is 23.8. The number of thioether (sulfide) groups is 2. The first-order valence-corrected chi connectivity index (χ1v) is 17.7. The average molecular weight is 511 g/mol. The molecule has 0 aliphatic rings. The smallest absolute Gasteiger partial charge is 0.324 e. The molecule has 0 saturated carbocycles. The fourth-order valence-corrected chi connectivity index (χ4v) is 8.16. The highest BCUT2D eigenvalue weighted by atomic mass is 32.2. The molecular formula is C26H55O3PS2. The zero-order valence-electron chi connectivity index (χ0n) is 21.4. The molecule has 0 rings (SSSR count). The van der Waals surface area contributed by atoms with Crippen molar-refractivity contribution in [3.63, 3.8) is 0 Å². The maximum absolute atomic E-state index is 11.5. The number of unbranched alkanes of at least 4 members (excludes halogenated alkanes) is 17. The largest absolute Gasteiger partial charge is 0.326 e. The van der Waals surface area contributed by atoms with E-state index in [9.17, 15) is 14.4 Å².